The molecule has 0 saturated carbocycles. The number of imidazole rings is 1. The summed E-state index contributed by atoms with van der Waals surface area (Å²) in [5.74, 6) is 0.0420. The van der Waals surface area contributed by atoms with Crippen molar-refractivity contribution in [3.05, 3.63) is 64.9 Å². The number of carboxylic acid groups (broad SMARTS) is 1. The molecule has 0 unspecified atom stereocenters. The molecule has 33 heavy (non-hydrogen) atoms. The maximum absolute atomic E-state index is 11.4. The molecule has 10 heteroatoms. The van der Waals surface area contributed by atoms with Crippen molar-refractivity contribution in [2.45, 2.75) is 6.92 Å². The number of benzene rings is 1. The standard InChI is InChI=1S/C23H21ClN6O3/c1-14-2-3-16(12-17(14)22(31)32)33-23-26-19-13-18(24)21(27-20(19)28-23)30-10-8-29(9-11-30)15-4-6-25-7-5-15/h2-7,12-13H,8-11H2,1H3,(H,31,32)(H,26,27,28). The van der Waals surface area contributed by atoms with Gasteiger partial charge in [-0.15, -0.1) is 0 Å². The number of aromatic nitrogens is 4. The van der Waals surface area contributed by atoms with Crippen molar-refractivity contribution in [1.82, 2.24) is 19.9 Å². The van der Waals surface area contributed by atoms with Gasteiger partial charge in [-0.25, -0.2) is 9.78 Å². The van der Waals surface area contributed by atoms with Crippen LogP contribution in [0, 0.1) is 6.92 Å². The van der Waals surface area contributed by atoms with Crippen LogP contribution in [-0.4, -0.2) is 57.2 Å². The molecule has 1 fully saturated rings. The van der Waals surface area contributed by atoms with Gasteiger partial charge in [-0.1, -0.05) is 17.7 Å². The number of ether oxygens (including phenoxy) is 1. The average Bonchev–Trinajstić information content (AvgIpc) is 3.21. The molecule has 0 radical (unpaired) electrons. The summed E-state index contributed by atoms with van der Waals surface area (Å²) < 4.78 is 5.76. The number of hydrogen-bond acceptors (Lipinski definition) is 7. The summed E-state index contributed by atoms with van der Waals surface area (Å²) in [5.41, 5.74) is 3.10. The van der Waals surface area contributed by atoms with Gasteiger partial charge in [0.1, 0.15) is 11.6 Å². The smallest absolute Gasteiger partial charge is 0.336 e. The maximum Gasteiger partial charge on any atom is 0.336 e. The molecule has 4 heterocycles. The highest BCUT2D eigenvalue weighted by molar-refractivity contribution is 6.33. The van der Waals surface area contributed by atoms with Gasteiger partial charge >= 0.3 is 12.0 Å². The molecule has 1 aromatic carbocycles. The molecule has 0 aliphatic carbocycles. The summed E-state index contributed by atoms with van der Waals surface area (Å²) in [5, 5.41) is 9.85. The number of carbonyl (C=O) groups is 1. The Hall–Kier alpha value is -3.85. The Morgan fingerprint density at radius 1 is 1.06 bits per heavy atom. The number of aromatic amines is 1. The summed E-state index contributed by atoms with van der Waals surface area (Å²) in [6, 6.07) is 10.9. The van der Waals surface area contributed by atoms with Crippen LogP contribution >= 0.6 is 11.6 Å². The lowest BCUT2D eigenvalue weighted by molar-refractivity contribution is 0.0695. The molecule has 4 aromatic rings. The zero-order valence-corrected chi connectivity index (χ0v) is 18.6. The zero-order chi connectivity index (χ0) is 22.9. The van der Waals surface area contributed by atoms with Crippen LogP contribution in [0.15, 0.2) is 48.8 Å². The minimum atomic E-state index is -1.01. The van der Waals surface area contributed by atoms with Crippen LogP contribution in [0.1, 0.15) is 15.9 Å². The number of hydrogen-bond donors (Lipinski definition) is 2. The number of anilines is 2. The van der Waals surface area contributed by atoms with Gasteiger partial charge in [0, 0.05) is 44.3 Å². The van der Waals surface area contributed by atoms with Crippen LogP contribution in [0.25, 0.3) is 11.2 Å². The Labute approximate surface area is 194 Å². The molecule has 1 aliphatic rings. The molecule has 9 nitrogen and oxygen atoms in total. The van der Waals surface area contributed by atoms with Crippen molar-refractivity contribution in [2.75, 3.05) is 36.0 Å². The number of halogens is 1. The van der Waals surface area contributed by atoms with Crippen molar-refractivity contribution in [1.29, 1.82) is 0 Å². The summed E-state index contributed by atoms with van der Waals surface area (Å²) >= 11 is 6.55. The van der Waals surface area contributed by atoms with Crippen LogP contribution in [0.5, 0.6) is 11.8 Å². The van der Waals surface area contributed by atoms with E-state index in [4.69, 9.17) is 16.3 Å². The van der Waals surface area contributed by atoms with Crippen molar-refractivity contribution >= 4 is 40.2 Å². The van der Waals surface area contributed by atoms with E-state index in [2.05, 4.69) is 29.7 Å². The number of aryl methyl sites for hydroxylation is 1. The summed E-state index contributed by atoms with van der Waals surface area (Å²) in [6.07, 6.45) is 3.59. The number of rotatable bonds is 5. The van der Waals surface area contributed by atoms with E-state index in [1.54, 1.807) is 37.5 Å². The highest BCUT2D eigenvalue weighted by Gasteiger charge is 2.22. The van der Waals surface area contributed by atoms with Gasteiger partial charge < -0.3 is 24.6 Å². The lowest BCUT2D eigenvalue weighted by Gasteiger charge is -2.36. The fourth-order valence-electron chi connectivity index (χ4n) is 3.89. The van der Waals surface area contributed by atoms with E-state index in [0.717, 1.165) is 31.9 Å². The van der Waals surface area contributed by atoms with Gasteiger partial charge in [-0.05, 0) is 42.8 Å². The number of pyridine rings is 2. The molecule has 1 aliphatic heterocycles. The zero-order valence-electron chi connectivity index (χ0n) is 17.8. The highest BCUT2D eigenvalue weighted by atomic mass is 35.5. The Morgan fingerprint density at radius 3 is 2.52 bits per heavy atom. The molecule has 0 amide bonds. The number of nitrogens with one attached hydrogen (secondary N) is 1. The van der Waals surface area contributed by atoms with Gasteiger partial charge in [-0.2, -0.15) is 4.98 Å². The summed E-state index contributed by atoms with van der Waals surface area (Å²) in [7, 11) is 0. The molecular weight excluding hydrogens is 444 g/mol. The molecule has 0 spiro atoms. The van der Waals surface area contributed by atoms with Crippen molar-refractivity contribution in [2.24, 2.45) is 0 Å². The summed E-state index contributed by atoms with van der Waals surface area (Å²) in [6.45, 7) is 4.96. The first-order valence-corrected chi connectivity index (χ1v) is 10.8. The normalized spacial score (nSPS) is 14.0. The molecule has 2 N–H and O–H groups in total. The monoisotopic (exact) mass is 464 g/mol. The molecule has 168 valence electrons. The van der Waals surface area contributed by atoms with Gasteiger partial charge in [-0.3, -0.25) is 4.98 Å². The van der Waals surface area contributed by atoms with E-state index in [1.807, 2.05) is 12.1 Å². The molecule has 1 saturated heterocycles. The third kappa shape index (κ3) is 4.27. The first kappa shape index (κ1) is 21.0. The van der Waals surface area contributed by atoms with E-state index in [9.17, 15) is 9.90 Å². The van der Waals surface area contributed by atoms with Gasteiger partial charge in [0.2, 0.25) is 0 Å². The largest absolute Gasteiger partial charge is 0.478 e. The molecule has 5 rings (SSSR count). The molecule has 0 bridgehead atoms. The SMILES string of the molecule is Cc1ccc(Oc2nc3nc(N4CCN(c5ccncc5)CC4)c(Cl)cc3[nH]2)cc1C(=O)O. The second-order valence-corrected chi connectivity index (χ2v) is 8.18. The van der Waals surface area contributed by atoms with Crippen molar-refractivity contribution < 1.29 is 14.6 Å². The molecule has 3 aromatic heterocycles. The van der Waals surface area contributed by atoms with Gasteiger partial charge in [0.05, 0.1) is 16.1 Å². The third-order valence-corrected chi connectivity index (χ3v) is 5.93. The van der Waals surface area contributed by atoms with Crippen molar-refractivity contribution in [3.8, 4) is 11.8 Å². The Kier molecular flexibility index (Phi) is 5.47. The minimum absolute atomic E-state index is 0.179. The van der Waals surface area contributed by atoms with E-state index < -0.39 is 5.97 Å². The predicted octanol–water partition coefficient (Wildman–Crippen LogP) is 4.13. The maximum atomic E-state index is 11.4. The van der Waals surface area contributed by atoms with Crippen LogP contribution in [0.2, 0.25) is 5.02 Å². The lowest BCUT2D eigenvalue weighted by Crippen LogP contribution is -2.47. The topological polar surface area (TPSA) is 107 Å². The number of carboxylic acids is 1. The van der Waals surface area contributed by atoms with Gasteiger partial charge in [0.15, 0.2) is 5.65 Å². The van der Waals surface area contributed by atoms with Crippen molar-refractivity contribution in [3.63, 3.8) is 0 Å². The Morgan fingerprint density at radius 2 is 1.79 bits per heavy atom. The van der Waals surface area contributed by atoms with E-state index >= 15 is 0 Å². The number of fused-ring (bicyclic) bond motifs is 1. The highest BCUT2D eigenvalue weighted by Crippen LogP contribution is 2.30. The van der Waals surface area contributed by atoms with E-state index in [-0.39, 0.29) is 11.6 Å². The lowest BCUT2D eigenvalue weighted by atomic mass is 10.1. The number of nitrogens with zero attached hydrogens (tertiary/aromatic N) is 5. The average molecular weight is 465 g/mol. The van der Waals surface area contributed by atoms with Gasteiger partial charge in [0.25, 0.3) is 0 Å². The van der Waals surface area contributed by atoms with E-state index in [1.165, 1.54) is 6.07 Å². The minimum Gasteiger partial charge on any atom is -0.478 e. The van der Waals surface area contributed by atoms with Crippen LogP contribution in [0.3, 0.4) is 0 Å². The van der Waals surface area contributed by atoms with E-state index in [0.29, 0.717) is 33.3 Å². The molecule has 0 atom stereocenters. The number of piperazine rings is 1. The second-order valence-electron chi connectivity index (χ2n) is 7.77. The second kappa shape index (κ2) is 8.59. The van der Waals surface area contributed by atoms with Crippen LogP contribution in [0.4, 0.5) is 11.5 Å². The number of H-pyrrole nitrogens is 1. The Balaban J connectivity index is 1.34. The number of aromatic carboxylic acids is 1. The third-order valence-electron chi connectivity index (χ3n) is 5.65. The summed E-state index contributed by atoms with van der Waals surface area (Å²) in [4.78, 5) is 32.0. The van der Waals surface area contributed by atoms with Crippen LogP contribution < -0.4 is 14.5 Å². The predicted molar refractivity (Wildman–Crippen MR) is 126 cm³/mol. The first-order valence-electron chi connectivity index (χ1n) is 10.5. The fourth-order valence-corrected chi connectivity index (χ4v) is 4.17. The fraction of sp³-hybridized carbons (Fsp3) is 0.217. The van der Waals surface area contributed by atoms with Crippen LogP contribution in [-0.2, 0) is 0 Å². The quantitative estimate of drug-likeness (QED) is 0.454. The first-order chi connectivity index (χ1) is 16.0. The molecular formula is C23H21ClN6O3. The Bertz CT molecular complexity index is 1320.